The summed E-state index contributed by atoms with van der Waals surface area (Å²) in [6.07, 6.45) is 0. The van der Waals surface area contributed by atoms with E-state index in [0.717, 1.165) is 0 Å². The van der Waals surface area contributed by atoms with Gasteiger partial charge in [-0.2, -0.15) is 0 Å². The minimum atomic E-state index is -0.882. The van der Waals surface area contributed by atoms with E-state index in [1.54, 1.807) is 30.3 Å². The number of anilines is 1. The first kappa shape index (κ1) is 21.6. The number of halogens is 2. The molecule has 2 aliphatic heterocycles. The summed E-state index contributed by atoms with van der Waals surface area (Å²) >= 11 is 13.7. The van der Waals surface area contributed by atoms with E-state index in [9.17, 15) is 14.7 Å². The number of aliphatic hydroxyl groups excluding tert-OH is 1. The Kier molecular flexibility index (Phi) is 5.44. The van der Waals surface area contributed by atoms with Crippen molar-refractivity contribution >= 4 is 57.7 Å². The number of benzene rings is 2. The fourth-order valence-electron chi connectivity index (χ4n) is 3.94. The molecule has 1 aromatic heterocycles. The zero-order valence-corrected chi connectivity index (χ0v) is 19.3. The zero-order valence-electron chi connectivity index (χ0n) is 17.0. The largest absolute Gasteiger partial charge is 0.507 e. The van der Waals surface area contributed by atoms with Crippen LogP contribution in [-0.2, 0) is 9.59 Å². The smallest absolute Gasteiger partial charge is 0.300 e. The molecule has 5 rings (SSSR count). The van der Waals surface area contributed by atoms with Gasteiger partial charge in [-0.3, -0.25) is 14.5 Å². The summed E-state index contributed by atoms with van der Waals surface area (Å²) in [5, 5.41) is 13.5. The monoisotopic (exact) mass is 503 g/mol. The number of Topliss-reactive ketones (excluding diaryl/α,β-unsaturated/α-hetero) is 1. The van der Waals surface area contributed by atoms with Gasteiger partial charge in [-0.05, 0) is 35.7 Å². The molecule has 1 N–H and O–H groups in total. The molecule has 0 spiro atoms. The van der Waals surface area contributed by atoms with Crippen LogP contribution in [0, 0.1) is 0 Å². The standard InChI is InChI=1S/C23H15Cl2NO6S/c1-30-22-13(7-11(24)8-14(22)25)20(27)18-19(17-3-2-6-33-17)26(23(29)21(18)28)12-4-5-15-16(9-12)32-10-31-15/h2-9,19,27H,10H2,1H3/b20-18-. The Morgan fingerprint density at radius 3 is 2.67 bits per heavy atom. The number of fused-ring (bicyclic) bond motifs is 1. The Morgan fingerprint density at radius 1 is 1.15 bits per heavy atom. The molecule has 1 amide bonds. The van der Waals surface area contributed by atoms with Crippen molar-refractivity contribution in [3.63, 3.8) is 0 Å². The molecular weight excluding hydrogens is 489 g/mol. The normalized spacial score (nSPS) is 18.8. The van der Waals surface area contributed by atoms with Gasteiger partial charge in [0, 0.05) is 21.7 Å². The number of hydrogen-bond donors (Lipinski definition) is 1. The Balaban J connectivity index is 1.73. The summed E-state index contributed by atoms with van der Waals surface area (Å²) in [6.45, 7) is 0.0707. The van der Waals surface area contributed by atoms with Crippen LogP contribution in [0.3, 0.4) is 0 Å². The Bertz CT molecular complexity index is 1320. The van der Waals surface area contributed by atoms with Gasteiger partial charge in [0.25, 0.3) is 11.7 Å². The van der Waals surface area contributed by atoms with Gasteiger partial charge in [0.1, 0.15) is 17.6 Å². The number of hydrogen-bond acceptors (Lipinski definition) is 7. The molecule has 168 valence electrons. The van der Waals surface area contributed by atoms with Crippen LogP contribution in [0.1, 0.15) is 16.5 Å². The minimum Gasteiger partial charge on any atom is -0.507 e. The summed E-state index contributed by atoms with van der Waals surface area (Å²) < 4.78 is 16.1. The number of ketones is 1. The van der Waals surface area contributed by atoms with Crippen molar-refractivity contribution in [2.75, 3.05) is 18.8 Å². The number of ether oxygens (including phenoxy) is 3. The number of amides is 1. The Morgan fingerprint density at radius 2 is 1.94 bits per heavy atom. The molecular formula is C23H15Cl2NO6S. The fourth-order valence-corrected chi connectivity index (χ4v) is 5.33. The van der Waals surface area contributed by atoms with Crippen LogP contribution in [0.15, 0.2) is 53.4 Å². The highest BCUT2D eigenvalue weighted by Gasteiger charge is 2.48. The number of methoxy groups -OCH3 is 1. The number of thiophene rings is 1. The summed E-state index contributed by atoms with van der Waals surface area (Å²) in [5.74, 6) is -0.930. The first-order chi connectivity index (χ1) is 15.9. The number of carbonyl (C=O) groups excluding carboxylic acids is 2. The predicted molar refractivity (Wildman–Crippen MR) is 125 cm³/mol. The molecule has 2 aromatic carbocycles. The molecule has 1 fully saturated rings. The second-order valence-electron chi connectivity index (χ2n) is 7.19. The van der Waals surface area contributed by atoms with Gasteiger partial charge >= 0.3 is 0 Å². The van der Waals surface area contributed by atoms with Gasteiger partial charge in [0.2, 0.25) is 6.79 Å². The van der Waals surface area contributed by atoms with Crippen molar-refractivity contribution in [2.45, 2.75) is 6.04 Å². The summed E-state index contributed by atoms with van der Waals surface area (Å²) in [4.78, 5) is 28.5. The quantitative estimate of drug-likeness (QED) is 0.290. The van der Waals surface area contributed by atoms with Gasteiger partial charge in [-0.1, -0.05) is 29.3 Å². The van der Waals surface area contributed by atoms with Gasteiger partial charge in [0.15, 0.2) is 11.5 Å². The highest BCUT2D eigenvalue weighted by Crippen LogP contribution is 2.47. The summed E-state index contributed by atoms with van der Waals surface area (Å²) in [5.41, 5.74) is 0.437. The third-order valence-electron chi connectivity index (χ3n) is 5.36. The molecule has 10 heteroatoms. The van der Waals surface area contributed by atoms with E-state index in [4.69, 9.17) is 37.4 Å². The molecule has 1 atom stereocenters. The van der Waals surface area contributed by atoms with Gasteiger partial charge in [0.05, 0.1) is 23.3 Å². The van der Waals surface area contributed by atoms with Gasteiger partial charge in [-0.15, -0.1) is 11.3 Å². The zero-order chi connectivity index (χ0) is 23.3. The van der Waals surface area contributed by atoms with E-state index in [1.165, 1.54) is 35.5 Å². The highest BCUT2D eigenvalue weighted by atomic mass is 35.5. The third kappa shape index (κ3) is 3.51. The molecule has 1 unspecified atom stereocenters. The van der Waals surface area contributed by atoms with Crippen molar-refractivity contribution in [3.05, 3.63) is 73.9 Å². The van der Waals surface area contributed by atoms with E-state index in [0.29, 0.717) is 22.1 Å². The van der Waals surface area contributed by atoms with Crippen LogP contribution in [0.25, 0.3) is 5.76 Å². The van der Waals surface area contributed by atoms with E-state index < -0.39 is 23.5 Å². The Hall–Kier alpha value is -3.20. The average Bonchev–Trinajstić information content (AvgIpc) is 3.53. The van der Waals surface area contributed by atoms with E-state index in [1.807, 2.05) is 5.38 Å². The third-order valence-corrected chi connectivity index (χ3v) is 6.78. The van der Waals surface area contributed by atoms with E-state index in [2.05, 4.69) is 0 Å². The van der Waals surface area contributed by atoms with Crippen molar-refractivity contribution in [2.24, 2.45) is 0 Å². The molecule has 7 nitrogen and oxygen atoms in total. The predicted octanol–water partition coefficient (Wildman–Crippen LogP) is 5.42. The molecule has 1 saturated heterocycles. The number of carbonyl (C=O) groups is 2. The van der Waals surface area contributed by atoms with Crippen LogP contribution < -0.4 is 19.1 Å². The van der Waals surface area contributed by atoms with Crippen LogP contribution in [-0.4, -0.2) is 30.7 Å². The molecule has 0 aliphatic carbocycles. The molecule has 3 heterocycles. The lowest BCUT2D eigenvalue weighted by Gasteiger charge is -2.24. The molecule has 0 bridgehead atoms. The molecule has 2 aliphatic rings. The maximum atomic E-state index is 13.2. The number of nitrogens with zero attached hydrogens (tertiary/aromatic N) is 1. The molecule has 3 aromatic rings. The van der Waals surface area contributed by atoms with Crippen LogP contribution >= 0.6 is 34.5 Å². The average molecular weight is 504 g/mol. The van der Waals surface area contributed by atoms with Crippen molar-refractivity contribution in [1.82, 2.24) is 0 Å². The minimum absolute atomic E-state index is 0.0707. The van der Waals surface area contributed by atoms with Crippen molar-refractivity contribution in [1.29, 1.82) is 0 Å². The van der Waals surface area contributed by atoms with Crippen LogP contribution in [0.2, 0.25) is 10.0 Å². The number of aliphatic hydroxyl groups is 1. The van der Waals surface area contributed by atoms with Gasteiger partial charge < -0.3 is 19.3 Å². The maximum Gasteiger partial charge on any atom is 0.300 e. The Labute approximate surface area is 202 Å². The lowest BCUT2D eigenvalue weighted by Crippen LogP contribution is -2.29. The number of rotatable bonds is 4. The lowest BCUT2D eigenvalue weighted by molar-refractivity contribution is -0.132. The van der Waals surface area contributed by atoms with E-state index >= 15 is 0 Å². The SMILES string of the molecule is COc1c(Cl)cc(Cl)cc1/C(O)=C1/C(=O)C(=O)N(c2ccc3c(c2)OCO3)C1c1cccs1. The maximum absolute atomic E-state index is 13.2. The van der Waals surface area contributed by atoms with Crippen LogP contribution in [0.4, 0.5) is 5.69 Å². The molecule has 0 radical (unpaired) electrons. The summed E-state index contributed by atoms with van der Waals surface area (Å²) in [7, 11) is 1.38. The fraction of sp³-hybridized carbons (Fsp3) is 0.130. The first-order valence-electron chi connectivity index (χ1n) is 9.68. The van der Waals surface area contributed by atoms with Gasteiger partial charge in [-0.25, -0.2) is 0 Å². The first-order valence-corrected chi connectivity index (χ1v) is 11.3. The van der Waals surface area contributed by atoms with Crippen molar-refractivity contribution < 1.29 is 28.9 Å². The molecule has 33 heavy (non-hydrogen) atoms. The van der Waals surface area contributed by atoms with E-state index in [-0.39, 0.29) is 33.7 Å². The lowest BCUT2D eigenvalue weighted by atomic mass is 9.99. The second kappa shape index (κ2) is 8.30. The topological polar surface area (TPSA) is 85.3 Å². The second-order valence-corrected chi connectivity index (χ2v) is 9.01. The summed E-state index contributed by atoms with van der Waals surface area (Å²) in [6, 6.07) is 10.6. The molecule has 0 saturated carbocycles. The van der Waals surface area contributed by atoms with Crippen molar-refractivity contribution in [3.8, 4) is 17.2 Å². The van der Waals surface area contributed by atoms with Crippen LogP contribution in [0.5, 0.6) is 17.2 Å². The highest BCUT2D eigenvalue weighted by molar-refractivity contribution is 7.10.